The molecule has 0 saturated heterocycles. The summed E-state index contributed by atoms with van der Waals surface area (Å²) < 4.78 is 16.7. The van der Waals surface area contributed by atoms with Gasteiger partial charge in [-0.1, -0.05) is 222 Å². The lowest BCUT2D eigenvalue weighted by atomic mass is 10.1. The van der Waals surface area contributed by atoms with Crippen LogP contribution < -0.4 is 0 Å². The van der Waals surface area contributed by atoms with Crippen molar-refractivity contribution < 1.29 is 28.6 Å². The zero-order chi connectivity index (χ0) is 52.9. The Labute approximate surface area is 446 Å². The van der Waals surface area contributed by atoms with E-state index in [9.17, 15) is 14.4 Å². The number of esters is 3. The highest BCUT2D eigenvalue weighted by atomic mass is 16.6. The van der Waals surface area contributed by atoms with E-state index in [2.05, 4.69) is 191 Å². The van der Waals surface area contributed by atoms with Gasteiger partial charge in [-0.25, -0.2) is 0 Å². The monoisotopic (exact) mass is 1000 g/mol. The molecule has 0 amide bonds. The van der Waals surface area contributed by atoms with Crippen LogP contribution in [0, 0.1) is 0 Å². The van der Waals surface area contributed by atoms with Gasteiger partial charge in [0.25, 0.3) is 0 Å². The second-order valence-electron chi connectivity index (χ2n) is 17.7. The molecule has 0 aromatic carbocycles. The first kappa shape index (κ1) is 67.5. The van der Waals surface area contributed by atoms with Gasteiger partial charge in [0.2, 0.25) is 0 Å². The van der Waals surface area contributed by atoms with Crippen LogP contribution in [-0.4, -0.2) is 37.2 Å². The number of hydrogen-bond donors (Lipinski definition) is 0. The molecule has 0 aliphatic heterocycles. The largest absolute Gasteiger partial charge is 0.462 e. The van der Waals surface area contributed by atoms with Crippen LogP contribution in [-0.2, 0) is 28.6 Å². The van der Waals surface area contributed by atoms with Gasteiger partial charge >= 0.3 is 17.9 Å². The number of rotatable bonds is 48. The zero-order valence-electron chi connectivity index (χ0n) is 46.1. The fourth-order valence-electron chi connectivity index (χ4n) is 6.78. The number of carbonyl (C=O) groups excluding carboxylic acids is 3. The molecule has 0 spiro atoms. The lowest BCUT2D eigenvalue weighted by Gasteiger charge is -2.18. The summed E-state index contributed by atoms with van der Waals surface area (Å²) in [5.74, 6) is -1.09. The van der Waals surface area contributed by atoms with Crippen molar-refractivity contribution >= 4 is 17.9 Å². The fraction of sp³-hybridized carbons (Fsp3) is 0.507. The fourth-order valence-corrected chi connectivity index (χ4v) is 6.78. The van der Waals surface area contributed by atoms with Gasteiger partial charge in [-0.15, -0.1) is 0 Å². The molecule has 0 aromatic rings. The first-order valence-corrected chi connectivity index (χ1v) is 28.3. The molecular weight excluding hydrogens is 901 g/mol. The van der Waals surface area contributed by atoms with Gasteiger partial charge in [-0.3, -0.25) is 14.4 Å². The molecule has 0 N–H and O–H groups in total. The zero-order valence-corrected chi connectivity index (χ0v) is 46.1. The van der Waals surface area contributed by atoms with Gasteiger partial charge < -0.3 is 14.2 Å². The average Bonchev–Trinajstić information content (AvgIpc) is 3.39. The summed E-state index contributed by atoms with van der Waals surface area (Å²) in [5.41, 5.74) is 0. The third-order valence-electron chi connectivity index (χ3n) is 10.9. The molecule has 0 heterocycles. The van der Waals surface area contributed by atoms with Crippen LogP contribution in [0.1, 0.15) is 201 Å². The predicted molar refractivity (Wildman–Crippen MR) is 315 cm³/mol. The van der Waals surface area contributed by atoms with Crippen LogP contribution in [0.15, 0.2) is 182 Å². The Morgan fingerprint density at radius 3 is 0.849 bits per heavy atom. The first-order valence-electron chi connectivity index (χ1n) is 28.3. The SMILES string of the molecule is CC/C=C\C/C=C\C/C=C\C/C=C\C/C=C\C/C=C\CCC(=O)OC[C@H](COC(=O)CCCCC/C=C\C/C=C\C/C=C\C/C=C\C/C=C\CC)OC(=O)CCCCCC/C=C\C/C=C\C/C=C\C/C=C\CC. The maximum atomic E-state index is 12.9. The van der Waals surface area contributed by atoms with Crippen molar-refractivity contribution in [2.75, 3.05) is 13.2 Å². The normalized spacial score (nSPS) is 13.5. The van der Waals surface area contributed by atoms with Crippen molar-refractivity contribution in [3.63, 3.8) is 0 Å². The van der Waals surface area contributed by atoms with E-state index in [1.54, 1.807) is 0 Å². The minimum absolute atomic E-state index is 0.139. The van der Waals surface area contributed by atoms with Gasteiger partial charge in [0.05, 0.1) is 0 Å². The van der Waals surface area contributed by atoms with Crippen LogP contribution in [0.3, 0.4) is 0 Å². The highest BCUT2D eigenvalue weighted by Crippen LogP contribution is 2.11. The van der Waals surface area contributed by atoms with E-state index in [0.717, 1.165) is 148 Å². The summed E-state index contributed by atoms with van der Waals surface area (Å²) >= 11 is 0. The first-order chi connectivity index (χ1) is 36.0. The lowest BCUT2D eigenvalue weighted by molar-refractivity contribution is -0.166. The number of unbranched alkanes of at least 4 members (excludes halogenated alkanes) is 7. The van der Waals surface area contributed by atoms with E-state index in [-0.39, 0.29) is 44.0 Å². The van der Waals surface area contributed by atoms with Crippen molar-refractivity contribution in [1.29, 1.82) is 0 Å². The molecule has 0 aliphatic carbocycles. The smallest absolute Gasteiger partial charge is 0.306 e. The Morgan fingerprint density at radius 2 is 0.521 bits per heavy atom. The maximum Gasteiger partial charge on any atom is 0.306 e. The van der Waals surface area contributed by atoms with Gasteiger partial charge in [-0.2, -0.15) is 0 Å². The minimum Gasteiger partial charge on any atom is -0.462 e. The molecule has 0 fully saturated rings. The summed E-state index contributed by atoms with van der Waals surface area (Å²) in [4.78, 5) is 38.2. The van der Waals surface area contributed by atoms with Crippen LogP contribution in [0.4, 0.5) is 0 Å². The van der Waals surface area contributed by atoms with Crippen molar-refractivity contribution in [3.8, 4) is 0 Å². The molecule has 0 saturated carbocycles. The van der Waals surface area contributed by atoms with E-state index in [4.69, 9.17) is 14.2 Å². The Morgan fingerprint density at radius 1 is 0.274 bits per heavy atom. The Kier molecular flexibility index (Phi) is 54.6. The van der Waals surface area contributed by atoms with E-state index in [1.165, 1.54) is 0 Å². The molecule has 0 unspecified atom stereocenters. The van der Waals surface area contributed by atoms with Gasteiger partial charge in [0.15, 0.2) is 6.10 Å². The van der Waals surface area contributed by atoms with E-state index in [1.807, 2.05) is 12.2 Å². The third kappa shape index (κ3) is 57.3. The Bertz CT molecular complexity index is 1770. The van der Waals surface area contributed by atoms with Gasteiger partial charge in [-0.05, 0) is 141 Å². The molecule has 6 nitrogen and oxygen atoms in total. The maximum absolute atomic E-state index is 12.9. The van der Waals surface area contributed by atoms with Crippen LogP contribution in [0.25, 0.3) is 0 Å². The summed E-state index contributed by atoms with van der Waals surface area (Å²) in [6.07, 6.45) is 88.9. The molecule has 0 bridgehead atoms. The average molecular weight is 1000 g/mol. The molecule has 1 atom stereocenters. The Hall–Kier alpha value is -5.49. The van der Waals surface area contributed by atoms with Crippen LogP contribution in [0.2, 0.25) is 0 Å². The van der Waals surface area contributed by atoms with Gasteiger partial charge in [0.1, 0.15) is 13.2 Å². The topological polar surface area (TPSA) is 78.9 Å². The molecule has 0 rings (SSSR count). The highest BCUT2D eigenvalue weighted by molar-refractivity contribution is 5.71. The van der Waals surface area contributed by atoms with E-state index in [0.29, 0.717) is 19.3 Å². The van der Waals surface area contributed by atoms with Crippen molar-refractivity contribution in [3.05, 3.63) is 182 Å². The van der Waals surface area contributed by atoms with Gasteiger partial charge in [0, 0.05) is 19.3 Å². The molecule has 73 heavy (non-hydrogen) atoms. The van der Waals surface area contributed by atoms with Crippen LogP contribution >= 0.6 is 0 Å². The molecular formula is C67H100O6. The quantitative estimate of drug-likeness (QED) is 0.0262. The summed E-state index contributed by atoms with van der Waals surface area (Å²) in [6.45, 7) is 6.16. The number of carbonyl (C=O) groups is 3. The van der Waals surface area contributed by atoms with Crippen molar-refractivity contribution in [1.82, 2.24) is 0 Å². The molecule has 0 radical (unpaired) electrons. The summed E-state index contributed by atoms with van der Waals surface area (Å²) in [7, 11) is 0. The van der Waals surface area contributed by atoms with Crippen molar-refractivity contribution in [2.45, 2.75) is 207 Å². The third-order valence-corrected chi connectivity index (χ3v) is 10.9. The molecule has 0 aliphatic rings. The minimum atomic E-state index is -0.847. The predicted octanol–water partition coefficient (Wildman–Crippen LogP) is 19.3. The number of allylic oxidation sites excluding steroid dienone is 30. The van der Waals surface area contributed by atoms with Crippen molar-refractivity contribution in [2.24, 2.45) is 0 Å². The standard InChI is InChI=1S/C67H100O6/c1-4-7-10-13-16-19-22-25-28-31-33-36-38-41-44-47-50-53-56-59-65(68)71-62-64(73-67(70)61-58-55-52-49-46-43-40-35-30-27-24-21-18-15-12-9-6-3)63-72-66(69)60-57-54-51-48-45-42-39-37-34-32-29-26-23-20-17-14-11-8-5-2/h7-12,16-21,25-30,33-34,36-37,40-45,50,53,64H,4-6,13-15,22-24,31-32,35,38-39,46-49,51-52,54-63H2,1-3H3/b10-7-,11-8-,12-9-,19-16-,20-17-,21-18-,28-25-,29-26-,30-27-,36-33-,37-34-,43-40-,44-41-,45-42-,53-50-/t64-/m1/s1. The number of hydrogen-bond acceptors (Lipinski definition) is 6. The Balaban J connectivity index is 4.65. The highest BCUT2D eigenvalue weighted by Gasteiger charge is 2.19. The lowest BCUT2D eigenvalue weighted by Crippen LogP contribution is -2.30. The van der Waals surface area contributed by atoms with Crippen LogP contribution in [0.5, 0.6) is 0 Å². The number of ether oxygens (including phenoxy) is 3. The molecule has 6 heteroatoms. The second kappa shape index (κ2) is 59.1. The van der Waals surface area contributed by atoms with E-state index < -0.39 is 6.10 Å². The summed E-state index contributed by atoms with van der Waals surface area (Å²) in [5, 5.41) is 0. The van der Waals surface area contributed by atoms with E-state index >= 15 is 0 Å². The summed E-state index contributed by atoms with van der Waals surface area (Å²) in [6, 6.07) is 0. The second-order valence-corrected chi connectivity index (χ2v) is 17.7. The molecule has 0 aromatic heterocycles. The molecule has 404 valence electrons.